The van der Waals surface area contributed by atoms with Gasteiger partial charge in [-0.25, -0.2) is 19.3 Å². The number of benzene rings is 1. The van der Waals surface area contributed by atoms with E-state index in [1.165, 1.54) is 17.7 Å². The van der Waals surface area contributed by atoms with Crippen molar-refractivity contribution in [1.82, 2.24) is 19.9 Å². The molecule has 9 nitrogen and oxygen atoms in total. The van der Waals surface area contributed by atoms with Gasteiger partial charge in [0.25, 0.3) is 0 Å². The van der Waals surface area contributed by atoms with Gasteiger partial charge in [-0.2, -0.15) is 0 Å². The van der Waals surface area contributed by atoms with E-state index >= 15 is 4.39 Å². The number of aromatic nitrogens is 3. The molecule has 2 aliphatic heterocycles. The Morgan fingerprint density at radius 2 is 1.85 bits per heavy atom. The van der Waals surface area contributed by atoms with Crippen LogP contribution in [0.15, 0.2) is 23.8 Å². The average molecular weight is 505 g/mol. The molecule has 0 radical (unpaired) electrons. The molecule has 3 aromatic rings. The molecule has 180 valence electrons. The van der Waals surface area contributed by atoms with Crippen molar-refractivity contribution in [2.45, 2.75) is 0 Å². The summed E-state index contributed by atoms with van der Waals surface area (Å²) in [6, 6.07) is 3.34. The number of rotatable bonds is 5. The van der Waals surface area contributed by atoms with Gasteiger partial charge in [-0.15, -0.1) is 11.3 Å². The van der Waals surface area contributed by atoms with E-state index in [1.807, 2.05) is 5.38 Å². The quantitative estimate of drug-likeness (QED) is 0.507. The summed E-state index contributed by atoms with van der Waals surface area (Å²) in [7, 11) is 2.08. The van der Waals surface area contributed by atoms with Crippen molar-refractivity contribution >= 4 is 50.9 Å². The fourth-order valence-electron chi connectivity index (χ4n) is 4.06. The maximum atomic E-state index is 15.5. The van der Waals surface area contributed by atoms with Gasteiger partial charge >= 0.3 is 0 Å². The maximum absolute atomic E-state index is 15.5. The van der Waals surface area contributed by atoms with Crippen molar-refractivity contribution in [3.8, 4) is 11.3 Å². The second-order valence-electron chi connectivity index (χ2n) is 8.31. The van der Waals surface area contributed by atoms with Crippen molar-refractivity contribution in [3.05, 3.63) is 34.8 Å². The van der Waals surface area contributed by atoms with Crippen LogP contribution in [0.5, 0.6) is 0 Å². The van der Waals surface area contributed by atoms with E-state index in [2.05, 4.69) is 37.0 Å². The van der Waals surface area contributed by atoms with Gasteiger partial charge in [0, 0.05) is 50.2 Å². The molecular weight excluding hydrogens is 479 g/mol. The molecule has 5 rings (SSSR count). The molecule has 0 amide bonds. The second kappa shape index (κ2) is 9.87. The number of halogens is 2. The van der Waals surface area contributed by atoms with Crippen LogP contribution in [0.3, 0.4) is 0 Å². The zero-order valence-corrected chi connectivity index (χ0v) is 20.4. The summed E-state index contributed by atoms with van der Waals surface area (Å²) in [5, 5.41) is 6.18. The highest BCUT2D eigenvalue weighted by Crippen LogP contribution is 2.38. The summed E-state index contributed by atoms with van der Waals surface area (Å²) in [6.45, 7) is 6.22. The first-order valence-corrected chi connectivity index (χ1v) is 12.3. The molecule has 0 unspecified atom stereocenters. The molecule has 0 saturated carbocycles. The highest BCUT2D eigenvalue weighted by Gasteiger charge is 2.23. The highest BCUT2D eigenvalue weighted by atomic mass is 35.5. The predicted molar refractivity (Wildman–Crippen MR) is 135 cm³/mol. The van der Waals surface area contributed by atoms with Gasteiger partial charge in [0.1, 0.15) is 17.8 Å². The molecule has 34 heavy (non-hydrogen) atoms. The Morgan fingerprint density at radius 1 is 1.09 bits per heavy atom. The molecule has 2 aromatic heterocycles. The molecule has 1 aromatic carbocycles. The van der Waals surface area contributed by atoms with Crippen LogP contribution in [0.25, 0.3) is 11.3 Å². The number of hydrogen-bond donors (Lipinski definition) is 2. The van der Waals surface area contributed by atoms with Crippen molar-refractivity contribution in [1.29, 1.82) is 0 Å². The maximum Gasteiger partial charge on any atom is 0.186 e. The summed E-state index contributed by atoms with van der Waals surface area (Å²) >= 11 is 7.60. The Bertz CT molecular complexity index is 1160. The lowest BCUT2D eigenvalue weighted by Crippen LogP contribution is -2.44. The van der Waals surface area contributed by atoms with Crippen molar-refractivity contribution in [2.24, 2.45) is 0 Å². The van der Waals surface area contributed by atoms with Gasteiger partial charge < -0.3 is 30.5 Å². The molecular formula is C22H26ClFN8OS. The van der Waals surface area contributed by atoms with Crippen LogP contribution in [0.1, 0.15) is 0 Å². The monoisotopic (exact) mass is 504 g/mol. The number of ether oxygens (including phenoxy) is 1. The smallest absolute Gasteiger partial charge is 0.186 e. The molecule has 2 saturated heterocycles. The van der Waals surface area contributed by atoms with E-state index in [-0.39, 0.29) is 16.7 Å². The van der Waals surface area contributed by atoms with Crippen molar-refractivity contribution in [2.75, 3.05) is 80.4 Å². The summed E-state index contributed by atoms with van der Waals surface area (Å²) < 4.78 is 20.9. The van der Waals surface area contributed by atoms with E-state index in [0.717, 1.165) is 50.1 Å². The average Bonchev–Trinajstić information content (AvgIpc) is 3.34. The fourth-order valence-corrected chi connectivity index (χ4v) is 5.07. The lowest BCUT2D eigenvalue weighted by molar-refractivity contribution is 0.122. The zero-order valence-electron chi connectivity index (χ0n) is 18.8. The molecule has 0 bridgehead atoms. The molecule has 2 fully saturated rings. The first-order valence-electron chi connectivity index (χ1n) is 11.1. The Balaban J connectivity index is 1.52. The van der Waals surface area contributed by atoms with Crippen LogP contribution in [0.2, 0.25) is 5.15 Å². The predicted octanol–water partition coefficient (Wildman–Crippen LogP) is 3.31. The standard InChI is InChI=1S/C22H26ClFN8OS/c1-30-2-4-31(5-3-30)18-11-15(24)14(10-16(18)28-21-19(25)20(23)26-13-27-21)17-12-34-22(29-17)32-6-8-33-9-7-32/h10-13H,2-9,25H2,1H3,(H,26,27,28). The molecule has 2 aliphatic rings. The summed E-state index contributed by atoms with van der Waals surface area (Å²) in [5.74, 6) is 0.0483. The molecule has 0 spiro atoms. The number of morpholine rings is 1. The van der Waals surface area contributed by atoms with Crippen molar-refractivity contribution in [3.63, 3.8) is 0 Å². The topological polar surface area (TPSA) is 95.7 Å². The molecule has 12 heteroatoms. The minimum Gasteiger partial charge on any atom is -0.393 e. The SMILES string of the molecule is CN1CCN(c2cc(F)c(-c3csc(N4CCOCC4)n3)cc2Nc2ncnc(Cl)c2N)CC1. The number of hydrogen-bond acceptors (Lipinski definition) is 10. The number of nitrogens with zero attached hydrogens (tertiary/aromatic N) is 6. The van der Waals surface area contributed by atoms with Gasteiger partial charge in [0.15, 0.2) is 16.1 Å². The zero-order chi connectivity index (χ0) is 23.7. The van der Waals surface area contributed by atoms with Gasteiger partial charge in [0.05, 0.1) is 30.3 Å². The number of anilines is 5. The number of nitrogens with one attached hydrogen (secondary N) is 1. The molecule has 0 aliphatic carbocycles. The molecule has 0 atom stereocenters. The summed E-state index contributed by atoms with van der Waals surface area (Å²) in [5.41, 5.74) is 8.77. The van der Waals surface area contributed by atoms with E-state index in [1.54, 1.807) is 12.1 Å². The number of piperazine rings is 1. The minimum absolute atomic E-state index is 0.163. The third kappa shape index (κ3) is 4.74. The lowest BCUT2D eigenvalue weighted by atomic mass is 10.1. The Labute approximate surface area is 206 Å². The number of nitrogens with two attached hydrogens (primary N) is 1. The first kappa shape index (κ1) is 23.0. The van der Waals surface area contributed by atoms with Crippen LogP contribution >= 0.6 is 22.9 Å². The number of likely N-dealkylation sites (N-methyl/N-ethyl adjacent to an activating group) is 1. The Kier molecular flexibility index (Phi) is 6.68. The Hall–Kier alpha value is -2.73. The fraction of sp³-hybridized carbons (Fsp3) is 0.409. The molecule has 4 heterocycles. The van der Waals surface area contributed by atoms with Gasteiger partial charge in [-0.3, -0.25) is 0 Å². The summed E-state index contributed by atoms with van der Waals surface area (Å²) in [6.07, 6.45) is 1.34. The van der Waals surface area contributed by atoms with Gasteiger partial charge in [0.2, 0.25) is 0 Å². The third-order valence-corrected chi connectivity index (χ3v) is 7.27. The molecule has 3 N–H and O–H groups in total. The van der Waals surface area contributed by atoms with Crippen LogP contribution in [0.4, 0.5) is 32.4 Å². The summed E-state index contributed by atoms with van der Waals surface area (Å²) in [4.78, 5) is 19.5. The van der Waals surface area contributed by atoms with Crippen molar-refractivity contribution < 1.29 is 9.13 Å². The van der Waals surface area contributed by atoms with E-state index in [9.17, 15) is 0 Å². The lowest BCUT2D eigenvalue weighted by Gasteiger charge is -2.35. The van der Waals surface area contributed by atoms with E-state index in [4.69, 9.17) is 27.1 Å². The number of thiazole rings is 1. The first-order chi connectivity index (χ1) is 16.5. The largest absolute Gasteiger partial charge is 0.393 e. The van der Waals surface area contributed by atoms with Crippen LogP contribution in [0, 0.1) is 5.82 Å². The van der Waals surface area contributed by atoms with Gasteiger partial charge in [-0.05, 0) is 19.2 Å². The van der Waals surface area contributed by atoms with Crippen LogP contribution in [-0.4, -0.2) is 79.4 Å². The second-order valence-corrected chi connectivity index (χ2v) is 9.50. The Morgan fingerprint density at radius 3 is 2.62 bits per heavy atom. The normalized spacial score (nSPS) is 17.3. The van der Waals surface area contributed by atoms with Crippen LogP contribution < -0.4 is 20.9 Å². The highest BCUT2D eigenvalue weighted by molar-refractivity contribution is 7.14. The third-order valence-electron chi connectivity index (χ3n) is 6.07. The minimum atomic E-state index is -0.327. The van der Waals surface area contributed by atoms with E-state index < -0.39 is 0 Å². The number of nitrogen functional groups attached to an aromatic ring is 1. The van der Waals surface area contributed by atoms with Gasteiger partial charge in [-0.1, -0.05) is 11.6 Å². The van der Waals surface area contributed by atoms with E-state index in [0.29, 0.717) is 36.0 Å². The van der Waals surface area contributed by atoms with Crippen LogP contribution in [-0.2, 0) is 4.74 Å².